The van der Waals surface area contributed by atoms with Crippen molar-refractivity contribution in [1.29, 1.82) is 5.26 Å². The fourth-order valence-corrected chi connectivity index (χ4v) is 5.17. The Morgan fingerprint density at radius 3 is 2.51 bits per heavy atom. The third-order valence-electron chi connectivity index (χ3n) is 7.47. The number of aromatic nitrogens is 2. The maximum atomic E-state index is 13.1. The van der Waals surface area contributed by atoms with Crippen LogP contribution in [-0.4, -0.2) is 33.5 Å². The van der Waals surface area contributed by atoms with Crippen LogP contribution in [0, 0.1) is 17.2 Å². The summed E-state index contributed by atoms with van der Waals surface area (Å²) in [5.41, 5.74) is 3.64. The molecule has 1 aliphatic rings. The van der Waals surface area contributed by atoms with Crippen LogP contribution in [-0.2, 0) is 11.3 Å². The average molecular weight is 522 g/mol. The van der Waals surface area contributed by atoms with Gasteiger partial charge in [-0.15, -0.1) is 0 Å². The number of hydrogen-bond donors (Lipinski definition) is 2. The first-order valence-electron chi connectivity index (χ1n) is 13.2. The lowest BCUT2D eigenvalue weighted by molar-refractivity contribution is -0.119. The van der Waals surface area contributed by atoms with Crippen LogP contribution in [0.25, 0.3) is 11.0 Å². The van der Waals surface area contributed by atoms with Crippen LogP contribution >= 0.6 is 0 Å². The molecule has 0 spiro atoms. The van der Waals surface area contributed by atoms with Crippen molar-refractivity contribution in [1.82, 2.24) is 9.55 Å². The van der Waals surface area contributed by atoms with E-state index in [1.165, 1.54) is 12.8 Å². The normalized spacial score (nSPS) is 14.2. The first-order valence-corrected chi connectivity index (χ1v) is 13.2. The van der Waals surface area contributed by atoms with Crippen LogP contribution in [0.1, 0.15) is 59.7 Å². The molecule has 4 aromatic rings. The minimum atomic E-state index is -0.829. The van der Waals surface area contributed by atoms with Crippen LogP contribution in [0.2, 0.25) is 0 Å². The SMILES string of the molecule is CN(C(=O)CC1CCCC1)c1ccc2c(c1)nc(NC(=O)c1ccc(C#N)cc1)n2C[C@H](O)c1ccccc1. The Hall–Kier alpha value is -4.48. The molecule has 0 unspecified atom stereocenters. The molecule has 2 N–H and O–H groups in total. The van der Waals surface area contributed by atoms with E-state index in [0.29, 0.717) is 29.0 Å². The van der Waals surface area contributed by atoms with E-state index in [2.05, 4.69) is 5.32 Å². The quantitative estimate of drug-likeness (QED) is 0.321. The first kappa shape index (κ1) is 26.1. The number of nitrogens with one attached hydrogen (secondary N) is 1. The zero-order valence-electron chi connectivity index (χ0n) is 21.9. The topological polar surface area (TPSA) is 111 Å². The smallest absolute Gasteiger partial charge is 0.257 e. The van der Waals surface area contributed by atoms with E-state index in [-0.39, 0.29) is 24.3 Å². The molecule has 8 nitrogen and oxygen atoms in total. The van der Waals surface area contributed by atoms with Gasteiger partial charge in [-0.2, -0.15) is 5.26 Å². The van der Waals surface area contributed by atoms with E-state index >= 15 is 0 Å². The predicted molar refractivity (Wildman–Crippen MR) is 150 cm³/mol. The molecule has 1 saturated carbocycles. The summed E-state index contributed by atoms with van der Waals surface area (Å²) in [5, 5.41) is 22.9. The highest BCUT2D eigenvalue weighted by Gasteiger charge is 2.23. The van der Waals surface area contributed by atoms with Gasteiger partial charge in [0.15, 0.2) is 0 Å². The highest BCUT2D eigenvalue weighted by atomic mass is 16.3. The number of rotatable bonds is 8. The van der Waals surface area contributed by atoms with Gasteiger partial charge in [-0.3, -0.25) is 14.9 Å². The van der Waals surface area contributed by atoms with Gasteiger partial charge < -0.3 is 14.6 Å². The monoisotopic (exact) mass is 521 g/mol. The molecule has 39 heavy (non-hydrogen) atoms. The summed E-state index contributed by atoms with van der Waals surface area (Å²) in [6, 6.07) is 23.3. The summed E-state index contributed by atoms with van der Waals surface area (Å²) >= 11 is 0. The fraction of sp³-hybridized carbons (Fsp3) is 0.290. The zero-order chi connectivity index (χ0) is 27.4. The molecule has 5 rings (SSSR count). The van der Waals surface area contributed by atoms with E-state index in [4.69, 9.17) is 10.2 Å². The van der Waals surface area contributed by atoms with Crippen LogP contribution in [0.15, 0.2) is 72.8 Å². The van der Waals surface area contributed by atoms with Crippen molar-refractivity contribution in [3.8, 4) is 6.07 Å². The van der Waals surface area contributed by atoms with E-state index < -0.39 is 6.10 Å². The number of carbonyl (C=O) groups is 2. The molecular formula is C31H31N5O3. The van der Waals surface area contributed by atoms with E-state index in [1.807, 2.05) is 54.6 Å². The molecule has 0 aliphatic heterocycles. The number of anilines is 2. The van der Waals surface area contributed by atoms with Crippen molar-refractivity contribution >= 4 is 34.5 Å². The lowest BCUT2D eigenvalue weighted by Gasteiger charge is -2.19. The number of imidazole rings is 1. The summed E-state index contributed by atoms with van der Waals surface area (Å²) in [5.74, 6) is 0.432. The molecule has 1 atom stereocenters. The van der Waals surface area contributed by atoms with Crippen molar-refractivity contribution in [2.45, 2.75) is 44.8 Å². The summed E-state index contributed by atoms with van der Waals surface area (Å²) in [7, 11) is 1.78. The Morgan fingerprint density at radius 1 is 1.10 bits per heavy atom. The van der Waals surface area contributed by atoms with Crippen molar-refractivity contribution in [2.24, 2.45) is 5.92 Å². The van der Waals surface area contributed by atoms with Crippen molar-refractivity contribution in [3.63, 3.8) is 0 Å². The standard InChI is InChI=1S/C31H31N5O3/c1-35(29(38)17-21-7-5-6-8-21)25-15-16-27-26(18-25)33-31(34-30(39)24-13-11-22(19-32)12-14-24)36(27)20-28(37)23-9-3-2-4-10-23/h2-4,9-16,18,21,28,37H,5-8,17,20H2,1H3,(H,33,34,39)/t28-/m0/s1. The predicted octanol–water partition coefficient (Wildman–Crippen LogP) is 5.44. The number of carbonyl (C=O) groups excluding carboxylic acids is 2. The number of nitriles is 1. The van der Waals surface area contributed by atoms with Crippen molar-refractivity contribution in [2.75, 3.05) is 17.3 Å². The number of fused-ring (bicyclic) bond motifs is 1. The summed E-state index contributed by atoms with van der Waals surface area (Å²) < 4.78 is 1.78. The minimum Gasteiger partial charge on any atom is -0.387 e. The third-order valence-corrected chi connectivity index (χ3v) is 7.47. The average Bonchev–Trinajstić information content (AvgIpc) is 3.60. The maximum Gasteiger partial charge on any atom is 0.257 e. The molecule has 0 radical (unpaired) electrons. The molecule has 2 amide bonds. The molecule has 1 heterocycles. The number of nitrogens with zero attached hydrogens (tertiary/aromatic N) is 4. The molecule has 3 aromatic carbocycles. The number of aliphatic hydroxyl groups is 1. The molecule has 1 aliphatic carbocycles. The number of amides is 2. The van der Waals surface area contributed by atoms with Gasteiger partial charge >= 0.3 is 0 Å². The Balaban J connectivity index is 1.45. The van der Waals surface area contributed by atoms with E-state index in [1.54, 1.807) is 40.8 Å². The van der Waals surface area contributed by atoms with Gasteiger partial charge in [0.05, 0.1) is 35.3 Å². The Morgan fingerprint density at radius 2 is 1.82 bits per heavy atom. The van der Waals surface area contributed by atoms with Gasteiger partial charge in [-0.25, -0.2) is 4.98 Å². The highest BCUT2D eigenvalue weighted by molar-refractivity contribution is 6.04. The van der Waals surface area contributed by atoms with Gasteiger partial charge in [-0.05, 0) is 66.8 Å². The molecule has 1 fully saturated rings. The zero-order valence-corrected chi connectivity index (χ0v) is 21.9. The van der Waals surface area contributed by atoms with E-state index in [0.717, 1.165) is 29.6 Å². The Bertz CT molecular complexity index is 1520. The first-order chi connectivity index (χ1) is 18.9. The number of benzene rings is 3. The minimum absolute atomic E-state index is 0.0783. The second-order valence-electron chi connectivity index (χ2n) is 10.1. The lowest BCUT2D eigenvalue weighted by Crippen LogP contribution is -2.27. The summed E-state index contributed by atoms with van der Waals surface area (Å²) in [6.45, 7) is 0.166. The molecule has 198 valence electrons. The maximum absolute atomic E-state index is 13.1. The molecule has 0 bridgehead atoms. The van der Waals surface area contributed by atoms with Gasteiger partial charge in [0.25, 0.3) is 5.91 Å². The Kier molecular flexibility index (Phi) is 7.71. The number of aliphatic hydroxyl groups excluding tert-OH is 1. The van der Waals surface area contributed by atoms with Gasteiger partial charge in [0.1, 0.15) is 0 Å². The van der Waals surface area contributed by atoms with Gasteiger partial charge in [-0.1, -0.05) is 43.2 Å². The lowest BCUT2D eigenvalue weighted by atomic mass is 10.0. The summed E-state index contributed by atoms with van der Waals surface area (Å²) in [4.78, 5) is 32.4. The van der Waals surface area contributed by atoms with Gasteiger partial charge in [0.2, 0.25) is 11.9 Å². The van der Waals surface area contributed by atoms with Crippen molar-refractivity contribution < 1.29 is 14.7 Å². The second-order valence-corrected chi connectivity index (χ2v) is 10.1. The Labute approximate surface area is 227 Å². The molecule has 8 heteroatoms. The van der Waals surface area contributed by atoms with Crippen LogP contribution in [0.4, 0.5) is 11.6 Å². The summed E-state index contributed by atoms with van der Waals surface area (Å²) in [6.07, 6.45) is 4.31. The van der Waals surface area contributed by atoms with Gasteiger partial charge in [0, 0.05) is 24.7 Å². The second kappa shape index (κ2) is 11.5. The van der Waals surface area contributed by atoms with Crippen LogP contribution in [0.5, 0.6) is 0 Å². The molecule has 0 saturated heterocycles. The molecule has 1 aromatic heterocycles. The van der Waals surface area contributed by atoms with Crippen LogP contribution < -0.4 is 10.2 Å². The third kappa shape index (κ3) is 5.84. The highest BCUT2D eigenvalue weighted by Crippen LogP contribution is 2.31. The largest absolute Gasteiger partial charge is 0.387 e. The van der Waals surface area contributed by atoms with E-state index in [9.17, 15) is 14.7 Å². The number of hydrogen-bond acceptors (Lipinski definition) is 5. The van der Waals surface area contributed by atoms with Crippen molar-refractivity contribution in [3.05, 3.63) is 89.5 Å². The van der Waals surface area contributed by atoms with Crippen LogP contribution in [0.3, 0.4) is 0 Å². The fourth-order valence-electron chi connectivity index (χ4n) is 5.17. The molecular weight excluding hydrogens is 490 g/mol.